The van der Waals surface area contributed by atoms with Gasteiger partial charge in [-0.25, -0.2) is 8.96 Å². The smallest absolute Gasteiger partial charge is 0.454 e. The third kappa shape index (κ3) is 6.93. The predicted molar refractivity (Wildman–Crippen MR) is 132 cm³/mol. The van der Waals surface area contributed by atoms with Crippen molar-refractivity contribution in [2.75, 3.05) is 6.61 Å². The highest BCUT2D eigenvalue weighted by molar-refractivity contribution is 7.52. The number of carbonyl (C=O) groups is 4. The Hall–Kier alpha value is -2.92. The summed E-state index contributed by atoms with van der Waals surface area (Å²) in [6, 6.07) is 6.84. The summed E-state index contributed by atoms with van der Waals surface area (Å²) in [5, 5.41) is 2.49. The van der Waals surface area contributed by atoms with Gasteiger partial charge in [-0.2, -0.15) is 5.09 Å². The zero-order chi connectivity index (χ0) is 28.3. The van der Waals surface area contributed by atoms with Gasteiger partial charge in [0.05, 0.1) is 19.1 Å². The fourth-order valence-corrected chi connectivity index (χ4v) is 5.31. The number of hydrogen-bond donors (Lipinski definition) is 1. The summed E-state index contributed by atoms with van der Waals surface area (Å²) in [7, 11) is -4.29. The van der Waals surface area contributed by atoms with Crippen LogP contribution in [0.25, 0.3) is 0 Å². The number of nitrogens with one attached hydrogen (secondary N) is 1. The summed E-state index contributed by atoms with van der Waals surface area (Å²) in [5.74, 6) is -2.88. The topological polar surface area (TPSA) is 138 Å². The van der Waals surface area contributed by atoms with Crippen molar-refractivity contribution < 1.29 is 46.7 Å². The molecule has 0 unspecified atom stereocenters. The highest BCUT2D eigenvalue weighted by Crippen LogP contribution is 2.48. The molecule has 1 aromatic rings. The first-order valence-electron chi connectivity index (χ1n) is 12.1. The fourth-order valence-electron chi connectivity index (χ4n) is 3.81. The number of allylic oxidation sites excluding steroid dienone is 1. The Morgan fingerprint density at radius 2 is 1.92 bits per heavy atom. The minimum absolute atomic E-state index is 0.170. The fraction of sp³-hybridized carbons (Fsp3) is 0.520. The standard InChI is InChI=1S/C25H32FN2O9P/c1-15-21(36-24(25(15,5)26)28-12-11-19(30)13-22(28)31)14-34-38(33,37-20-9-7-6-8-10-20)27-16(2)23(32)35-18(4)17(3)29/h6-12,15-16,18,21,24H,13-14H2,1-5H3,(H,27,33)/t15-,16+,18+,21-,24-,25-,38+/m1/s1. The normalized spacial score (nSPS) is 28.5. The van der Waals surface area contributed by atoms with Crippen LogP contribution >= 0.6 is 7.75 Å². The lowest BCUT2D eigenvalue weighted by Gasteiger charge is -2.33. The molecule has 0 aromatic heterocycles. The van der Waals surface area contributed by atoms with E-state index in [1.807, 2.05) is 0 Å². The first-order chi connectivity index (χ1) is 17.7. The molecule has 1 N–H and O–H groups in total. The maximum absolute atomic E-state index is 15.7. The van der Waals surface area contributed by atoms with E-state index in [1.54, 1.807) is 25.1 Å². The van der Waals surface area contributed by atoms with E-state index in [0.29, 0.717) is 0 Å². The van der Waals surface area contributed by atoms with E-state index in [0.717, 1.165) is 4.90 Å². The van der Waals surface area contributed by atoms with Gasteiger partial charge in [-0.15, -0.1) is 0 Å². The third-order valence-electron chi connectivity index (χ3n) is 6.47. The molecule has 13 heteroatoms. The van der Waals surface area contributed by atoms with Gasteiger partial charge in [0.25, 0.3) is 0 Å². The largest absolute Gasteiger partial charge is 0.459 e. The maximum Gasteiger partial charge on any atom is 0.459 e. The van der Waals surface area contributed by atoms with Crippen molar-refractivity contribution in [2.45, 2.75) is 71.2 Å². The number of amides is 1. The summed E-state index contributed by atoms with van der Waals surface area (Å²) < 4.78 is 51.5. The molecule has 0 bridgehead atoms. The van der Waals surface area contributed by atoms with Crippen LogP contribution in [0.3, 0.4) is 0 Å². The molecule has 3 rings (SSSR count). The van der Waals surface area contributed by atoms with Gasteiger partial charge < -0.3 is 14.0 Å². The molecule has 1 amide bonds. The summed E-state index contributed by atoms with van der Waals surface area (Å²) in [5.41, 5.74) is -2.04. The molecule has 208 valence electrons. The van der Waals surface area contributed by atoms with E-state index < -0.39 is 74.5 Å². The Morgan fingerprint density at radius 1 is 1.26 bits per heavy atom. The van der Waals surface area contributed by atoms with Gasteiger partial charge in [-0.1, -0.05) is 25.1 Å². The summed E-state index contributed by atoms with van der Waals surface area (Å²) in [6.45, 7) is 6.43. The molecule has 0 saturated carbocycles. The lowest BCUT2D eigenvalue weighted by Crippen LogP contribution is -2.49. The lowest BCUT2D eigenvalue weighted by atomic mass is 9.89. The van der Waals surface area contributed by atoms with Crippen molar-refractivity contribution >= 4 is 31.2 Å². The molecule has 0 aliphatic carbocycles. The molecule has 2 aliphatic heterocycles. The number of ketones is 2. The van der Waals surface area contributed by atoms with E-state index in [1.165, 1.54) is 52.1 Å². The predicted octanol–water partition coefficient (Wildman–Crippen LogP) is 3.09. The van der Waals surface area contributed by atoms with Gasteiger partial charge >= 0.3 is 13.7 Å². The second-order valence-electron chi connectivity index (χ2n) is 9.46. The van der Waals surface area contributed by atoms with Crippen molar-refractivity contribution in [2.24, 2.45) is 5.92 Å². The van der Waals surface area contributed by atoms with Crippen LogP contribution < -0.4 is 9.61 Å². The number of halogens is 1. The molecular formula is C25H32FN2O9P. The summed E-state index contributed by atoms with van der Waals surface area (Å²) in [6.07, 6.45) is -1.35. The summed E-state index contributed by atoms with van der Waals surface area (Å²) >= 11 is 0. The molecule has 7 atom stereocenters. The maximum atomic E-state index is 15.7. The molecule has 1 saturated heterocycles. The third-order valence-corrected chi connectivity index (χ3v) is 8.11. The molecule has 38 heavy (non-hydrogen) atoms. The Labute approximate surface area is 220 Å². The van der Waals surface area contributed by atoms with Crippen molar-refractivity contribution in [3.63, 3.8) is 0 Å². The highest BCUT2D eigenvalue weighted by Gasteiger charge is 2.56. The van der Waals surface area contributed by atoms with Crippen LogP contribution in [0.4, 0.5) is 4.39 Å². The van der Waals surface area contributed by atoms with E-state index in [-0.39, 0.29) is 11.5 Å². The zero-order valence-corrected chi connectivity index (χ0v) is 22.7. The van der Waals surface area contributed by atoms with Gasteiger partial charge in [-0.05, 0) is 45.9 Å². The number of Topliss-reactive ketones (excluding diaryl/α,β-unsaturated/α-hetero) is 1. The number of para-hydroxylation sites is 1. The minimum Gasteiger partial charge on any atom is -0.454 e. The SMILES string of the molecule is CC(=O)[C@H](C)OC(=O)[C@H](C)N[P@](=O)(OC[C@H]1O[C@@H](N2C=CC(=O)CC2=O)[C@](C)(F)[C@@H]1C)Oc1ccccc1. The highest BCUT2D eigenvalue weighted by atomic mass is 31.2. The Morgan fingerprint density at radius 3 is 2.53 bits per heavy atom. The van der Waals surface area contributed by atoms with Crippen LogP contribution in [0.2, 0.25) is 0 Å². The monoisotopic (exact) mass is 554 g/mol. The van der Waals surface area contributed by atoms with Gasteiger partial charge in [0, 0.05) is 12.1 Å². The number of carbonyl (C=O) groups excluding carboxylic acids is 4. The molecule has 1 fully saturated rings. The first-order valence-corrected chi connectivity index (χ1v) is 13.6. The molecule has 0 spiro atoms. The Bertz CT molecular complexity index is 1140. The van der Waals surface area contributed by atoms with E-state index in [4.69, 9.17) is 18.5 Å². The van der Waals surface area contributed by atoms with Crippen molar-refractivity contribution in [1.82, 2.24) is 9.99 Å². The van der Waals surface area contributed by atoms with Crippen LogP contribution in [0, 0.1) is 5.92 Å². The summed E-state index contributed by atoms with van der Waals surface area (Å²) in [4.78, 5) is 48.8. The Kier molecular flexibility index (Phi) is 9.25. The van der Waals surface area contributed by atoms with Crippen LogP contribution in [-0.4, -0.2) is 65.1 Å². The minimum atomic E-state index is -4.29. The zero-order valence-electron chi connectivity index (χ0n) is 21.8. The molecule has 1 aromatic carbocycles. The van der Waals surface area contributed by atoms with Crippen LogP contribution in [-0.2, 0) is 37.7 Å². The van der Waals surface area contributed by atoms with Gasteiger partial charge in [0.1, 0.15) is 11.8 Å². The Balaban J connectivity index is 1.76. The molecule has 2 heterocycles. The number of nitrogens with zero attached hydrogens (tertiary/aromatic N) is 1. The number of rotatable bonds is 11. The van der Waals surface area contributed by atoms with Crippen LogP contribution in [0.15, 0.2) is 42.6 Å². The molecule has 2 aliphatic rings. The lowest BCUT2D eigenvalue weighted by molar-refractivity contribution is -0.154. The van der Waals surface area contributed by atoms with Gasteiger partial charge in [-0.3, -0.25) is 28.6 Å². The van der Waals surface area contributed by atoms with Gasteiger partial charge in [0.15, 0.2) is 29.6 Å². The quantitative estimate of drug-likeness (QED) is 0.247. The molecule has 0 radical (unpaired) electrons. The average Bonchev–Trinajstić information content (AvgIpc) is 3.06. The van der Waals surface area contributed by atoms with Crippen molar-refractivity contribution in [3.8, 4) is 5.75 Å². The number of alkyl halides is 1. The number of ether oxygens (including phenoxy) is 2. The van der Waals surface area contributed by atoms with E-state index in [2.05, 4.69) is 5.09 Å². The number of benzene rings is 1. The number of hydrogen-bond acceptors (Lipinski definition) is 9. The second kappa shape index (κ2) is 11.9. The van der Waals surface area contributed by atoms with E-state index in [9.17, 15) is 23.7 Å². The average molecular weight is 555 g/mol. The van der Waals surface area contributed by atoms with Crippen molar-refractivity contribution in [1.29, 1.82) is 0 Å². The number of esters is 1. The van der Waals surface area contributed by atoms with E-state index >= 15 is 4.39 Å². The van der Waals surface area contributed by atoms with Crippen LogP contribution in [0.1, 0.15) is 41.0 Å². The first kappa shape index (κ1) is 29.6. The van der Waals surface area contributed by atoms with Crippen molar-refractivity contribution in [3.05, 3.63) is 42.6 Å². The molecule has 11 nitrogen and oxygen atoms in total. The van der Waals surface area contributed by atoms with Gasteiger partial charge in [0.2, 0.25) is 5.91 Å². The van der Waals surface area contributed by atoms with Crippen LogP contribution in [0.5, 0.6) is 5.75 Å². The molecular weight excluding hydrogens is 522 g/mol. The second-order valence-corrected chi connectivity index (χ2v) is 11.2.